The minimum absolute atomic E-state index is 0.192. The zero-order valence-electron chi connectivity index (χ0n) is 23.8. The molecule has 0 spiro atoms. The SMILES string of the molecule is Cc1cc(C)n(-c2nc(CCC(N)C(CN)c3nc(-n4nc(C)cc4C)nc4ccccc34)c3ccccc3n2)n1. The van der Waals surface area contributed by atoms with Gasteiger partial charge in [-0.15, -0.1) is 0 Å². The van der Waals surface area contributed by atoms with Crippen LogP contribution in [0.1, 0.15) is 46.5 Å². The highest BCUT2D eigenvalue weighted by Crippen LogP contribution is 2.28. The molecule has 0 saturated heterocycles. The Morgan fingerprint density at radius 3 is 1.80 bits per heavy atom. The molecule has 2 unspecified atom stereocenters. The summed E-state index contributed by atoms with van der Waals surface area (Å²) in [4.78, 5) is 19.6. The van der Waals surface area contributed by atoms with E-state index >= 15 is 0 Å². The normalized spacial score (nSPS) is 13.2. The smallest absolute Gasteiger partial charge is 0.251 e. The summed E-state index contributed by atoms with van der Waals surface area (Å²) >= 11 is 0. The summed E-state index contributed by atoms with van der Waals surface area (Å²) in [5.74, 6) is 0.887. The third-order valence-electron chi connectivity index (χ3n) is 7.53. The molecule has 2 aromatic carbocycles. The van der Waals surface area contributed by atoms with E-state index in [0.717, 1.165) is 56.0 Å². The summed E-state index contributed by atoms with van der Waals surface area (Å²) in [7, 11) is 0. The number of nitrogens with zero attached hydrogens (tertiary/aromatic N) is 8. The predicted octanol–water partition coefficient (Wildman–Crippen LogP) is 4.18. The highest BCUT2D eigenvalue weighted by atomic mass is 15.4. The van der Waals surface area contributed by atoms with Crippen molar-refractivity contribution in [1.82, 2.24) is 39.5 Å². The molecule has 4 N–H and O–H groups in total. The van der Waals surface area contributed by atoms with Crippen molar-refractivity contribution in [2.75, 3.05) is 6.54 Å². The van der Waals surface area contributed by atoms with E-state index in [1.807, 2.05) is 82.3 Å². The van der Waals surface area contributed by atoms with Gasteiger partial charge in [0.1, 0.15) is 0 Å². The summed E-state index contributed by atoms with van der Waals surface area (Å²) in [5.41, 5.74) is 20.6. The Bertz CT molecular complexity index is 1870. The molecule has 0 saturated carbocycles. The number of hydrogen-bond acceptors (Lipinski definition) is 8. The molecule has 10 nitrogen and oxygen atoms in total. The van der Waals surface area contributed by atoms with Crippen molar-refractivity contribution in [1.29, 1.82) is 0 Å². The molecule has 41 heavy (non-hydrogen) atoms. The van der Waals surface area contributed by atoms with Gasteiger partial charge >= 0.3 is 0 Å². The molecular weight excluding hydrogens is 512 g/mol. The van der Waals surface area contributed by atoms with Crippen LogP contribution in [0.4, 0.5) is 0 Å². The van der Waals surface area contributed by atoms with E-state index in [9.17, 15) is 0 Å². The van der Waals surface area contributed by atoms with Gasteiger partial charge in [-0.1, -0.05) is 36.4 Å². The van der Waals surface area contributed by atoms with Crippen molar-refractivity contribution in [3.8, 4) is 11.9 Å². The van der Waals surface area contributed by atoms with Crippen LogP contribution in [0.25, 0.3) is 33.7 Å². The first-order valence-corrected chi connectivity index (χ1v) is 13.9. The zero-order chi connectivity index (χ0) is 28.7. The molecule has 0 amide bonds. The van der Waals surface area contributed by atoms with Crippen LogP contribution >= 0.6 is 0 Å². The zero-order valence-corrected chi connectivity index (χ0v) is 23.8. The number of rotatable bonds is 8. The summed E-state index contributed by atoms with van der Waals surface area (Å²) in [6.45, 7) is 8.28. The number of nitrogens with two attached hydrogens (primary N) is 2. The van der Waals surface area contributed by atoms with E-state index < -0.39 is 0 Å². The van der Waals surface area contributed by atoms with Gasteiger partial charge in [-0.05, 0) is 64.8 Å². The predicted molar refractivity (Wildman–Crippen MR) is 160 cm³/mol. The molecule has 6 rings (SSSR count). The average Bonchev–Trinajstić information content (AvgIpc) is 3.50. The fourth-order valence-corrected chi connectivity index (χ4v) is 5.54. The van der Waals surface area contributed by atoms with Crippen molar-refractivity contribution in [3.05, 3.63) is 94.8 Å². The first kappa shape index (κ1) is 26.7. The minimum atomic E-state index is -0.266. The molecular formula is C31H34N10. The molecule has 4 heterocycles. The van der Waals surface area contributed by atoms with Gasteiger partial charge in [0, 0.05) is 40.7 Å². The molecule has 208 valence electrons. The Hall–Kier alpha value is -4.54. The third-order valence-corrected chi connectivity index (χ3v) is 7.53. The number of benzene rings is 2. The number of para-hydroxylation sites is 2. The van der Waals surface area contributed by atoms with Crippen molar-refractivity contribution < 1.29 is 0 Å². The number of fused-ring (bicyclic) bond motifs is 2. The lowest BCUT2D eigenvalue weighted by molar-refractivity contribution is 0.496. The lowest BCUT2D eigenvalue weighted by atomic mass is 9.90. The van der Waals surface area contributed by atoms with Crippen molar-refractivity contribution in [2.45, 2.75) is 52.5 Å². The maximum Gasteiger partial charge on any atom is 0.251 e. The van der Waals surface area contributed by atoms with E-state index in [4.69, 9.17) is 31.4 Å². The highest BCUT2D eigenvalue weighted by molar-refractivity contribution is 5.82. The molecule has 0 fully saturated rings. The van der Waals surface area contributed by atoms with E-state index in [1.54, 1.807) is 9.36 Å². The van der Waals surface area contributed by atoms with E-state index in [-0.39, 0.29) is 12.0 Å². The van der Waals surface area contributed by atoms with Crippen LogP contribution in [-0.4, -0.2) is 52.1 Å². The first-order chi connectivity index (χ1) is 19.8. The molecule has 10 heteroatoms. The van der Waals surface area contributed by atoms with Crippen LogP contribution in [0.2, 0.25) is 0 Å². The van der Waals surface area contributed by atoms with Crippen LogP contribution in [-0.2, 0) is 6.42 Å². The van der Waals surface area contributed by atoms with Crippen LogP contribution < -0.4 is 11.5 Å². The minimum Gasteiger partial charge on any atom is -0.330 e. The van der Waals surface area contributed by atoms with Crippen LogP contribution in [0.15, 0.2) is 60.7 Å². The Morgan fingerprint density at radius 1 is 0.707 bits per heavy atom. The molecule has 0 radical (unpaired) electrons. The molecule has 6 aromatic rings. The molecule has 0 aliphatic rings. The summed E-state index contributed by atoms with van der Waals surface area (Å²) < 4.78 is 3.57. The van der Waals surface area contributed by atoms with Crippen molar-refractivity contribution in [3.63, 3.8) is 0 Å². The number of hydrogen-bond donors (Lipinski definition) is 2. The van der Waals surface area contributed by atoms with Gasteiger partial charge in [0.2, 0.25) is 0 Å². The maximum absolute atomic E-state index is 6.92. The molecule has 0 aliphatic carbocycles. The number of aromatic nitrogens is 8. The largest absolute Gasteiger partial charge is 0.330 e. The Kier molecular flexibility index (Phi) is 7.02. The lowest BCUT2D eigenvalue weighted by Gasteiger charge is -2.24. The van der Waals surface area contributed by atoms with Crippen LogP contribution in [0.5, 0.6) is 0 Å². The Labute approximate surface area is 238 Å². The van der Waals surface area contributed by atoms with Gasteiger partial charge in [0.15, 0.2) is 0 Å². The lowest BCUT2D eigenvalue weighted by Crippen LogP contribution is -2.35. The van der Waals surface area contributed by atoms with Crippen LogP contribution in [0, 0.1) is 27.7 Å². The Balaban J connectivity index is 1.35. The van der Waals surface area contributed by atoms with Gasteiger partial charge < -0.3 is 11.5 Å². The average molecular weight is 547 g/mol. The topological polar surface area (TPSA) is 139 Å². The molecule has 2 atom stereocenters. The van der Waals surface area contributed by atoms with E-state index in [2.05, 4.69) is 16.3 Å². The fraction of sp³-hybridized carbons (Fsp3) is 0.290. The first-order valence-electron chi connectivity index (χ1n) is 13.9. The standard InChI is InChI=1S/C31H34N10/c1-18-15-20(3)40(38-18)30-34-26-11-7-5-9-22(26)28(36-30)14-13-25(33)24(17-32)29-23-10-6-8-12-27(23)35-31(37-29)41-21(4)16-19(2)39-41/h5-12,15-16,24-25H,13-14,17,32-33H2,1-4H3. The van der Waals surface area contributed by atoms with Gasteiger partial charge in [0.05, 0.1) is 33.8 Å². The fourth-order valence-electron chi connectivity index (χ4n) is 5.54. The molecule has 0 aliphatic heterocycles. The quantitative estimate of drug-likeness (QED) is 0.290. The van der Waals surface area contributed by atoms with Gasteiger partial charge in [-0.25, -0.2) is 29.3 Å². The second-order valence-electron chi connectivity index (χ2n) is 10.6. The summed E-state index contributed by atoms with van der Waals surface area (Å²) in [5, 5.41) is 11.2. The van der Waals surface area contributed by atoms with Gasteiger partial charge in [-0.2, -0.15) is 10.2 Å². The Morgan fingerprint density at radius 2 is 1.24 bits per heavy atom. The summed E-state index contributed by atoms with van der Waals surface area (Å²) in [6.07, 6.45) is 1.31. The van der Waals surface area contributed by atoms with E-state index in [1.165, 1.54) is 0 Å². The van der Waals surface area contributed by atoms with Crippen LogP contribution in [0.3, 0.4) is 0 Å². The second kappa shape index (κ2) is 10.8. The third kappa shape index (κ3) is 5.07. The summed E-state index contributed by atoms with van der Waals surface area (Å²) in [6, 6.07) is 19.8. The van der Waals surface area contributed by atoms with Gasteiger partial charge in [-0.3, -0.25) is 0 Å². The molecule has 4 aromatic heterocycles. The maximum atomic E-state index is 6.92. The number of aryl methyl sites for hydroxylation is 5. The van der Waals surface area contributed by atoms with E-state index in [0.29, 0.717) is 31.3 Å². The monoisotopic (exact) mass is 546 g/mol. The van der Waals surface area contributed by atoms with Crippen molar-refractivity contribution >= 4 is 21.8 Å². The van der Waals surface area contributed by atoms with Crippen molar-refractivity contribution in [2.24, 2.45) is 11.5 Å². The highest BCUT2D eigenvalue weighted by Gasteiger charge is 2.25. The van der Waals surface area contributed by atoms with Gasteiger partial charge in [0.25, 0.3) is 11.9 Å². The molecule has 0 bridgehead atoms. The second-order valence-corrected chi connectivity index (χ2v) is 10.6.